The number of thiophene rings is 1. The highest BCUT2D eigenvalue weighted by Gasteiger charge is 2.19. The largest absolute Gasteiger partial charge is 0.393 e. The van der Waals surface area contributed by atoms with Crippen molar-refractivity contribution in [2.75, 3.05) is 11.4 Å². The van der Waals surface area contributed by atoms with Crippen LogP contribution in [0.2, 0.25) is 0 Å². The molecule has 0 aliphatic heterocycles. The maximum Gasteiger partial charge on any atom is 0.268 e. The third-order valence-corrected chi connectivity index (χ3v) is 4.54. The van der Waals surface area contributed by atoms with E-state index in [2.05, 4.69) is 6.92 Å². The van der Waals surface area contributed by atoms with E-state index in [1.807, 2.05) is 42.5 Å². The number of thiocarbonyl (C=S) groups is 1. The molecular weight excluding hydrogens is 300 g/mol. The third-order valence-electron chi connectivity index (χ3n) is 3.12. The first-order chi connectivity index (χ1) is 10.1. The molecule has 5 heteroatoms. The number of rotatable bonds is 6. The van der Waals surface area contributed by atoms with Gasteiger partial charge in [0.25, 0.3) is 5.91 Å². The Morgan fingerprint density at radius 3 is 2.52 bits per heavy atom. The van der Waals surface area contributed by atoms with E-state index in [-0.39, 0.29) is 5.91 Å². The van der Waals surface area contributed by atoms with E-state index in [0.717, 1.165) is 17.0 Å². The number of benzene rings is 1. The second-order valence-corrected chi connectivity index (χ2v) is 6.32. The molecule has 0 spiro atoms. The summed E-state index contributed by atoms with van der Waals surface area (Å²) in [7, 11) is 0. The molecule has 0 saturated carbocycles. The summed E-state index contributed by atoms with van der Waals surface area (Å²) >= 11 is 6.48. The first kappa shape index (κ1) is 15.7. The van der Waals surface area contributed by atoms with Crippen LogP contribution >= 0.6 is 23.6 Å². The van der Waals surface area contributed by atoms with Gasteiger partial charge in [-0.05, 0) is 30.7 Å². The molecule has 2 rings (SSSR count). The standard InChI is InChI=1S/C16H18N2OS2/c1-2-13-8-9-14(21-13)16(19)18(11-10-15(17)20)12-6-4-3-5-7-12/h3-9H,2,10-11H2,1H3,(H2,17,20). The number of carbonyl (C=O) groups excluding carboxylic acids is 1. The molecule has 0 radical (unpaired) electrons. The molecule has 0 unspecified atom stereocenters. The van der Waals surface area contributed by atoms with Crippen molar-refractivity contribution >= 4 is 40.1 Å². The molecule has 110 valence electrons. The van der Waals surface area contributed by atoms with Gasteiger partial charge in [0, 0.05) is 23.5 Å². The molecule has 0 aliphatic carbocycles. The highest BCUT2D eigenvalue weighted by Crippen LogP contribution is 2.22. The summed E-state index contributed by atoms with van der Waals surface area (Å²) in [6, 6.07) is 13.5. The highest BCUT2D eigenvalue weighted by molar-refractivity contribution is 7.80. The van der Waals surface area contributed by atoms with Gasteiger partial charge in [-0.25, -0.2) is 0 Å². The molecule has 1 aromatic heterocycles. The van der Waals surface area contributed by atoms with E-state index in [1.165, 1.54) is 4.88 Å². The zero-order valence-electron chi connectivity index (χ0n) is 11.9. The number of carbonyl (C=O) groups is 1. The van der Waals surface area contributed by atoms with Gasteiger partial charge in [0.05, 0.1) is 9.87 Å². The Morgan fingerprint density at radius 1 is 1.24 bits per heavy atom. The van der Waals surface area contributed by atoms with Gasteiger partial charge < -0.3 is 10.6 Å². The van der Waals surface area contributed by atoms with Crippen LogP contribution in [0.5, 0.6) is 0 Å². The van der Waals surface area contributed by atoms with Crippen molar-refractivity contribution in [1.29, 1.82) is 0 Å². The Morgan fingerprint density at radius 2 is 1.95 bits per heavy atom. The molecule has 2 aromatic rings. The highest BCUT2D eigenvalue weighted by atomic mass is 32.1. The van der Waals surface area contributed by atoms with Crippen LogP contribution in [0, 0.1) is 0 Å². The van der Waals surface area contributed by atoms with Gasteiger partial charge in [-0.15, -0.1) is 11.3 Å². The van der Waals surface area contributed by atoms with Gasteiger partial charge in [0.2, 0.25) is 0 Å². The van der Waals surface area contributed by atoms with Gasteiger partial charge in [0.15, 0.2) is 0 Å². The predicted octanol–water partition coefficient (Wildman–Crippen LogP) is 3.63. The lowest BCUT2D eigenvalue weighted by molar-refractivity contribution is 0.0991. The SMILES string of the molecule is CCc1ccc(C(=O)N(CCC(N)=S)c2ccccc2)s1. The van der Waals surface area contributed by atoms with Crippen molar-refractivity contribution in [2.24, 2.45) is 5.73 Å². The Balaban J connectivity index is 2.25. The summed E-state index contributed by atoms with van der Waals surface area (Å²) in [5, 5.41) is 0. The van der Waals surface area contributed by atoms with Crippen LogP contribution in [-0.4, -0.2) is 17.4 Å². The van der Waals surface area contributed by atoms with E-state index < -0.39 is 0 Å². The van der Waals surface area contributed by atoms with Crippen molar-refractivity contribution in [3.8, 4) is 0 Å². The van der Waals surface area contributed by atoms with Crippen LogP contribution in [0.4, 0.5) is 5.69 Å². The molecule has 2 N–H and O–H groups in total. The molecule has 0 saturated heterocycles. The van der Waals surface area contributed by atoms with Gasteiger partial charge in [-0.3, -0.25) is 4.79 Å². The van der Waals surface area contributed by atoms with Crippen LogP contribution in [0.15, 0.2) is 42.5 Å². The van der Waals surface area contributed by atoms with E-state index in [1.54, 1.807) is 16.2 Å². The van der Waals surface area contributed by atoms with Gasteiger partial charge in [-0.2, -0.15) is 0 Å². The summed E-state index contributed by atoms with van der Waals surface area (Å²) in [5.41, 5.74) is 6.45. The lowest BCUT2D eigenvalue weighted by Crippen LogP contribution is -2.33. The van der Waals surface area contributed by atoms with Crippen LogP contribution in [0.25, 0.3) is 0 Å². The predicted molar refractivity (Wildman–Crippen MR) is 93.2 cm³/mol. The summed E-state index contributed by atoms with van der Waals surface area (Å²) in [5.74, 6) is 0.00199. The van der Waals surface area contributed by atoms with Crippen molar-refractivity contribution in [3.05, 3.63) is 52.2 Å². The lowest BCUT2D eigenvalue weighted by atomic mass is 10.2. The fourth-order valence-corrected chi connectivity index (χ4v) is 2.98. The zero-order chi connectivity index (χ0) is 15.2. The van der Waals surface area contributed by atoms with E-state index in [9.17, 15) is 4.79 Å². The maximum absolute atomic E-state index is 12.7. The third kappa shape index (κ3) is 4.12. The molecule has 3 nitrogen and oxygen atoms in total. The number of nitrogens with zero attached hydrogens (tertiary/aromatic N) is 1. The fraction of sp³-hybridized carbons (Fsp3) is 0.250. The number of hydrogen-bond donors (Lipinski definition) is 1. The second kappa shape index (κ2) is 7.33. The first-order valence-corrected chi connectivity index (χ1v) is 8.08. The minimum Gasteiger partial charge on any atom is -0.393 e. The second-order valence-electron chi connectivity index (χ2n) is 4.63. The van der Waals surface area contributed by atoms with Crippen LogP contribution in [-0.2, 0) is 6.42 Å². The molecule has 21 heavy (non-hydrogen) atoms. The van der Waals surface area contributed by atoms with Gasteiger partial charge in [-0.1, -0.05) is 37.3 Å². The normalized spacial score (nSPS) is 10.3. The van der Waals surface area contributed by atoms with Crippen molar-refractivity contribution in [2.45, 2.75) is 19.8 Å². The zero-order valence-corrected chi connectivity index (χ0v) is 13.5. The Labute approximate surface area is 134 Å². The Bertz CT molecular complexity index is 622. The summed E-state index contributed by atoms with van der Waals surface area (Å²) in [6.07, 6.45) is 1.46. The van der Waals surface area contributed by atoms with E-state index in [0.29, 0.717) is 18.0 Å². The number of nitrogens with two attached hydrogens (primary N) is 1. The number of para-hydroxylation sites is 1. The van der Waals surface area contributed by atoms with E-state index in [4.69, 9.17) is 18.0 Å². The van der Waals surface area contributed by atoms with Gasteiger partial charge in [0.1, 0.15) is 0 Å². The molecule has 1 amide bonds. The van der Waals surface area contributed by atoms with Crippen LogP contribution < -0.4 is 10.6 Å². The van der Waals surface area contributed by atoms with Crippen molar-refractivity contribution in [3.63, 3.8) is 0 Å². The van der Waals surface area contributed by atoms with E-state index >= 15 is 0 Å². The molecule has 0 atom stereocenters. The molecular formula is C16H18N2OS2. The number of amides is 1. The van der Waals surface area contributed by atoms with Gasteiger partial charge >= 0.3 is 0 Å². The minimum absolute atomic E-state index is 0.00199. The summed E-state index contributed by atoms with van der Waals surface area (Å²) < 4.78 is 0. The fourth-order valence-electron chi connectivity index (χ4n) is 1.99. The summed E-state index contributed by atoms with van der Waals surface area (Å²) in [6.45, 7) is 2.58. The van der Waals surface area contributed by atoms with Crippen molar-refractivity contribution < 1.29 is 4.79 Å². The smallest absolute Gasteiger partial charge is 0.268 e. The molecule has 0 aliphatic rings. The Hall–Kier alpha value is -1.72. The topological polar surface area (TPSA) is 46.3 Å². The summed E-state index contributed by atoms with van der Waals surface area (Å²) in [4.78, 5) is 16.9. The van der Waals surface area contributed by atoms with Crippen LogP contribution in [0.3, 0.4) is 0 Å². The first-order valence-electron chi connectivity index (χ1n) is 6.85. The molecule has 0 bridgehead atoms. The minimum atomic E-state index is 0.00199. The van der Waals surface area contributed by atoms with Crippen LogP contribution in [0.1, 0.15) is 27.9 Å². The average molecular weight is 318 g/mol. The molecule has 1 aromatic carbocycles. The lowest BCUT2D eigenvalue weighted by Gasteiger charge is -2.22. The number of aryl methyl sites for hydroxylation is 1. The quantitative estimate of drug-likeness (QED) is 0.827. The number of anilines is 1. The molecule has 1 heterocycles. The monoisotopic (exact) mass is 318 g/mol. The number of hydrogen-bond acceptors (Lipinski definition) is 3. The Kier molecular flexibility index (Phi) is 5.47. The maximum atomic E-state index is 12.7. The average Bonchev–Trinajstić information content (AvgIpc) is 2.97. The van der Waals surface area contributed by atoms with Crippen molar-refractivity contribution in [1.82, 2.24) is 0 Å². The molecule has 0 fully saturated rings.